The molecule has 100 valence electrons. The fraction of sp³-hybridized carbons (Fsp3) is 0.500. The summed E-state index contributed by atoms with van der Waals surface area (Å²) in [7, 11) is -3.70. The molecule has 0 aromatic carbocycles. The van der Waals surface area contributed by atoms with Crippen molar-refractivity contribution in [3.63, 3.8) is 0 Å². The van der Waals surface area contributed by atoms with Crippen LogP contribution < -0.4 is 0 Å². The maximum atomic E-state index is 12.4. The molecule has 1 unspecified atom stereocenters. The predicted molar refractivity (Wildman–Crippen MR) is 70.9 cm³/mol. The highest BCUT2D eigenvalue weighted by Crippen LogP contribution is 2.27. The third-order valence-electron chi connectivity index (χ3n) is 2.75. The molecule has 1 aliphatic rings. The Morgan fingerprint density at radius 3 is 2.94 bits per heavy atom. The molecule has 1 aromatic heterocycles. The molecular weight excluding hydrogens is 344 g/mol. The van der Waals surface area contributed by atoms with Gasteiger partial charge in [0.1, 0.15) is 10.0 Å². The van der Waals surface area contributed by atoms with Crippen LogP contribution in [0.15, 0.2) is 21.6 Å². The molecular formula is C10H12BrClN2O3S. The van der Waals surface area contributed by atoms with Gasteiger partial charge in [0.15, 0.2) is 0 Å². The van der Waals surface area contributed by atoms with E-state index in [-0.39, 0.29) is 16.6 Å². The predicted octanol–water partition coefficient (Wildman–Crippen LogP) is 1.64. The number of hydrogen-bond donors (Lipinski definition) is 1. The van der Waals surface area contributed by atoms with Gasteiger partial charge < -0.3 is 5.11 Å². The fourth-order valence-electron chi connectivity index (χ4n) is 1.86. The average Bonchev–Trinajstić information content (AvgIpc) is 2.32. The van der Waals surface area contributed by atoms with Crippen molar-refractivity contribution in [2.75, 3.05) is 13.1 Å². The van der Waals surface area contributed by atoms with Gasteiger partial charge in [-0.05, 0) is 34.8 Å². The van der Waals surface area contributed by atoms with Crippen molar-refractivity contribution in [1.29, 1.82) is 0 Å². The largest absolute Gasteiger partial charge is 0.392 e. The second kappa shape index (κ2) is 5.42. The first-order valence-electron chi connectivity index (χ1n) is 5.40. The van der Waals surface area contributed by atoms with Crippen LogP contribution in [-0.2, 0) is 10.0 Å². The Balaban J connectivity index is 2.38. The number of pyridine rings is 1. The van der Waals surface area contributed by atoms with E-state index in [4.69, 9.17) is 11.6 Å². The zero-order chi connectivity index (χ0) is 13.3. The summed E-state index contributed by atoms with van der Waals surface area (Å²) in [6.07, 6.45) is 2.08. The fourth-order valence-corrected chi connectivity index (χ4v) is 4.30. The summed E-state index contributed by atoms with van der Waals surface area (Å²) < 4.78 is 26.5. The van der Waals surface area contributed by atoms with E-state index < -0.39 is 16.1 Å². The second-order valence-electron chi connectivity index (χ2n) is 4.10. The Morgan fingerprint density at radius 1 is 1.56 bits per heavy atom. The van der Waals surface area contributed by atoms with Crippen LogP contribution in [0.1, 0.15) is 12.8 Å². The molecule has 2 heterocycles. The van der Waals surface area contributed by atoms with Crippen LogP contribution in [0.2, 0.25) is 5.15 Å². The number of piperidine rings is 1. The third-order valence-corrected chi connectivity index (χ3v) is 5.48. The van der Waals surface area contributed by atoms with Crippen LogP contribution in [-0.4, -0.2) is 42.0 Å². The summed E-state index contributed by atoms with van der Waals surface area (Å²) in [6.45, 7) is 0.493. The first kappa shape index (κ1) is 14.2. The smallest absolute Gasteiger partial charge is 0.246 e. The third kappa shape index (κ3) is 2.85. The van der Waals surface area contributed by atoms with E-state index in [0.29, 0.717) is 23.9 Å². The molecule has 2 rings (SSSR count). The molecule has 1 atom stereocenters. The van der Waals surface area contributed by atoms with Crippen LogP contribution in [0.4, 0.5) is 0 Å². The van der Waals surface area contributed by atoms with Gasteiger partial charge in [-0.15, -0.1) is 0 Å². The molecule has 0 bridgehead atoms. The van der Waals surface area contributed by atoms with Crippen molar-refractivity contribution in [2.45, 2.75) is 23.8 Å². The number of nitrogens with zero attached hydrogens (tertiary/aromatic N) is 2. The first-order chi connectivity index (χ1) is 8.41. The number of aliphatic hydroxyl groups is 1. The zero-order valence-electron chi connectivity index (χ0n) is 9.38. The summed E-state index contributed by atoms with van der Waals surface area (Å²) in [5.41, 5.74) is 0. The maximum absolute atomic E-state index is 12.4. The van der Waals surface area contributed by atoms with Crippen molar-refractivity contribution in [3.8, 4) is 0 Å². The van der Waals surface area contributed by atoms with Gasteiger partial charge in [-0.2, -0.15) is 4.31 Å². The average molecular weight is 356 g/mol. The SMILES string of the molecule is O=S(=O)(c1cc(Br)cnc1Cl)N1CCCC(O)C1. The van der Waals surface area contributed by atoms with Gasteiger partial charge in [-0.3, -0.25) is 0 Å². The Bertz CT molecular complexity index is 552. The van der Waals surface area contributed by atoms with Gasteiger partial charge in [0.2, 0.25) is 10.0 Å². The molecule has 18 heavy (non-hydrogen) atoms. The number of rotatable bonds is 2. The molecule has 1 N–H and O–H groups in total. The van der Waals surface area contributed by atoms with E-state index in [1.165, 1.54) is 16.6 Å². The number of β-amino-alcohol motifs (C(OH)–C–C–N with tert-alkyl or cyclic N) is 1. The minimum atomic E-state index is -3.70. The van der Waals surface area contributed by atoms with Crippen LogP contribution in [0.3, 0.4) is 0 Å². The minimum absolute atomic E-state index is 0.0346. The van der Waals surface area contributed by atoms with Crippen LogP contribution in [0, 0.1) is 0 Å². The number of halogens is 2. The van der Waals surface area contributed by atoms with Crippen LogP contribution in [0.5, 0.6) is 0 Å². The van der Waals surface area contributed by atoms with E-state index in [0.717, 1.165) is 0 Å². The molecule has 1 saturated heterocycles. The molecule has 0 radical (unpaired) electrons. The minimum Gasteiger partial charge on any atom is -0.392 e. The number of aromatic nitrogens is 1. The molecule has 5 nitrogen and oxygen atoms in total. The van der Waals surface area contributed by atoms with Gasteiger partial charge >= 0.3 is 0 Å². The van der Waals surface area contributed by atoms with Crippen molar-refractivity contribution in [1.82, 2.24) is 9.29 Å². The van der Waals surface area contributed by atoms with E-state index in [9.17, 15) is 13.5 Å². The van der Waals surface area contributed by atoms with Gasteiger partial charge in [0.25, 0.3) is 0 Å². The van der Waals surface area contributed by atoms with Gasteiger partial charge in [0, 0.05) is 23.8 Å². The molecule has 1 aliphatic heterocycles. The molecule has 0 aliphatic carbocycles. The van der Waals surface area contributed by atoms with Gasteiger partial charge in [-0.1, -0.05) is 11.6 Å². The van der Waals surface area contributed by atoms with Crippen molar-refractivity contribution in [2.24, 2.45) is 0 Å². The quantitative estimate of drug-likeness (QED) is 0.819. The Kier molecular flexibility index (Phi) is 4.28. The molecule has 8 heteroatoms. The van der Waals surface area contributed by atoms with Crippen molar-refractivity contribution in [3.05, 3.63) is 21.9 Å². The lowest BCUT2D eigenvalue weighted by Gasteiger charge is -2.29. The molecule has 1 aromatic rings. The summed E-state index contributed by atoms with van der Waals surface area (Å²) in [6, 6.07) is 1.42. The number of aliphatic hydroxyl groups excluding tert-OH is 1. The monoisotopic (exact) mass is 354 g/mol. The van der Waals surface area contributed by atoms with Crippen molar-refractivity contribution >= 4 is 37.6 Å². The molecule has 1 fully saturated rings. The van der Waals surface area contributed by atoms with Crippen molar-refractivity contribution < 1.29 is 13.5 Å². The highest BCUT2D eigenvalue weighted by Gasteiger charge is 2.31. The number of sulfonamides is 1. The van der Waals surface area contributed by atoms with Crippen LogP contribution in [0.25, 0.3) is 0 Å². The summed E-state index contributed by atoms with van der Waals surface area (Å²) in [5.74, 6) is 0. The lowest BCUT2D eigenvalue weighted by atomic mass is 10.1. The highest BCUT2D eigenvalue weighted by atomic mass is 79.9. The lowest BCUT2D eigenvalue weighted by molar-refractivity contribution is 0.108. The van der Waals surface area contributed by atoms with E-state index in [2.05, 4.69) is 20.9 Å². The number of hydrogen-bond acceptors (Lipinski definition) is 4. The molecule has 0 amide bonds. The topological polar surface area (TPSA) is 70.5 Å². The summed E-state index contributed by atoms with van der Waals surface area (Å²) >= 11 is 9.01. The zero-order valence-corrected chi connectivity index (χ0v) is 12.5. The lowest BCUT2D eigenvalue weighted by Crippen LogP contribution is -2.42. The summed E-state index contributed by atoms with van der Waals surface area (Å²) in [5, 5.41) is 9.49. The Morgan fingerprint density at radius 2 is 2.28 bits per heavy atom. The highest BCUT2D eigenvalue weighted by molar-refractivity contribution is 9.10. The van der Waals surface area contributed by atoms with Gasteiger partial charge in [0.05, 0.1) is 6.10 Å². The van der Waals surface area contributed by atoms with E-state index >= 15 is 0 Å². The van der Waals surface area contributed by atoms with Gasteiger partial charge in [-0.25, -0.2) is 13.4 Å². The van der Waals surface area contributed by atoms with E-state index in [1.807, 2.05) is 0 Å². The molecule has 0 spiro atoms. The summed E-state index contributed by atoms with van der Waals surface area (Å²) in [4.78, 5) is 3.77. The first-order valence-corrected chi connectivity index (χ1v) is 8.01. The maximum Gasteiger partial charge on any atom is 0.246 e. The van der Waals surface area contributed by atoms with E-state index in [1.54, 1.807) is 0 Å². The van der Waals surface area contributed by atoms with Crippen LogP contribution >= 0.6 is 27.5 Å². The Labute approximate surface area is 119 Å². The second-order valence-corrected chi connectivity index (χ2v) is 7.28. The normalized spacial score (nSPS) is 22.1. The molecule has 0 saturated carbocycles. The Hall–Kier alpha value is -0.210. The standard InChI is InChI=1S/C10H12BrClN2O3S/c11-7-4-9(10(12)13-5-7)18(16,17)14-3-1-2-8(15)6-14/h4-5,8,15H,1-3,6H2.